The maximum absolute atomic E-state index is 13.2. The second kappa shape index (κ2) is 13.9. The Kier molecular flexibility index (Phi) is 10.4. The molecule has 3 aliphatic heterocycles. The highest BCUT2D eigenvalue weighted by molar-refractivity contribution is 5.89. The van der Waals surface area contributed by atoms with Gasteiger partial charge in [-0.15, -0.1) is 0 Å². The van der Waals surface area contributed by atoms with Gasteiger partial charge in [0.15, 0.2) is 0 Å². The first-order chi connectivity index (χ1) is 18.0. The molecule has 4 atom stereocenters. The monoisotopic (exact) mass is 520 g/mol. The van der Waals surface area contributed by atoms with Gasteiger partial charge < -0.3 is 39.6 Å². The molecule has 1 aromatic carbocycles. The molecule has 4 rings (SSSR count). The Morgan fingerprint density at radius 3 is 2.81 bits per heavy atom. The Bertz CT molecular complexity index is 882. The Labute approximate surface area is 218 Å². The largest absolute Gasteiger partial charge is 0.497 e. The Hall–Kier alpha value is -2.44. The van der Waals surface area contributed by atoms with Crippen molar-refractivity contribution in [2.24, 2.45) is 0 Å². The Morgan fingerprint density at radius 1 is 1.16 bits per heavy atom. The summed E-state index contributed by atoms with van der Waals surface area (Å²) in [6.07, 6.45) is 1.06. The van der Waals surface area contributed by atoms with Crippen molar-refractivity contribution in [3.63, 3.8) is 0 Å². The van der Waals surface area contributed by atoms with Crippen LogP contribution in [0.2, 0.25) is 0 Å². The predicted molar refractivity (Wildman–Crippen MR) is 137 cm³/mol. The van der Waals surface area contributed by atoms with Gasteiger partial charge in [0.05, 0.1) is 64.8 Å². The molecule has 11 heteroatoms. The molecule has 3 saturated heterocycles. The summed E-state index contributed by atoms with van der Waals surface area (Å²) in [6.45, 7) is 5.52. The summed E-state index contributed by atoms with van der Waals surface area (Å²) in [5.74, 6) is 0.611. The lowest BCUT2D eigenvalue weighted by Crippen LogP contribution is -2.58. The lowest BCUT2D eigenvalue weighted by molar-refractivity contribution is -0.149. The van der Waals surface area contributed by atoms with Crippen molar-refractivity contribution in [3.05, 3.63) is 24.3 Å². The van der Waals surface area contributed by atoms with Gasteiger partial charge in [0, 0.05) is 31.4 Å². The van der Waals surface area contributed by atoms with Crippen molar-refractivity contribution in [1.82, 2.24) is 15.1 Å². The second-order valence-electron chi connectivity index (χ2n) is 9.81. The molecule has 37 heavy (non-hydrogen) atoms. The van der Waals surface area contributed by atoms with Crippen molar-refractivity contribution in [2.45, 2.75) is 50.0 Å². The predicted octanol–water partition coefficient (Wildman–Crippen LogP) is 1.07. The Balaban J connectivity index is 1.27. The number of β-amino-alcohol motifs (C(OH)–C–C–N with tert-alkyl or cyclic N) is 1. The molecule has 206 valence electrons. The molecule has 1 aromatic rings. The highest BCUT2D eigenvalue weighted by atomic mass is 16.5. The maximum Gasteiger partial charge on any atom is 0.322 e. The minimum atomic E-state index is -0.794. The minimum absolute atomic E-state index is 0.0276. The number of hydrogen-bond acceptors (Lipinski definition) is 8. The molecule has 0 radical (unpaired) electrons. The van der Waals surface area contributed by atoms with E-state index in [9.17, 15) is 14.7 Å². The van der Waals surface area contributed by atoms with Gasteiger partial charge in [-0.2, -0.15) is 0 Å². The van der Waals surface area contributed by atoms with Gasteiger partial charge in [-0.3, -0.25) is 9.69 Å². The molecule has 3 amide bonds. The van der Waals surface area contributed by atoms with Gasteiger partial charge in [-0.05, 0) is 37.9 Å². The van der Waals surface area contributed by atoms with E-state index in [1.165, 1.54) is 0 Å². The van der Waals surface area contributed by atoms with Crippen LogP contribution in [0.1, 0.15) is 25.7 Å². The molecule has 0 aromatic heterocycles. The van der Waals surface area contributed by atoms with Crippen LogP contribution in [0.3, 0.4) is 0 Å². The van der Waals surface area contributed by atoms with Crippen LogP contribution < -0.4 is 15.4 Å². The van der Waals surface area contributed by atoms with Crippen molar-refractivity contribution in [2.75, 3.05) is 71.6 Å². The lowest BCUT2D eigenvalue weighted by Gasteiger charge is -2.44. The number of carbonyl (C=O) groups is 2. The van der Waals surface area contributed by atoms with E-state index in [0.717, 1.165) is 39.3 Å². The molecular weight excluding hydrogens is 480 g/mol. The zero-order valence-corrected chi connectivity index (χ0v) is 21.6. The standard InChI is InChI=1S/C26H40N4O7/c1-34-21-5-2-4-19(14-21)28-26(33)30-16-20(31)17-36-18-24-23(30)7-6-22(37-24)15-25(32)27-8-3-9-29-10-12-35-13-11-29/h2,4-5,14,20,22-24,31H,3,6-13,15-18H2,1H3,(H,27,32)(H,28,33)/t20-,22+,23-,24+/m0/s1. The summed E-state index contributed by atoms with van der Waals surface area (Å²) >= 11 is 0. The number of nitrogens with zero attached hydrogens (tertiary/aromatic N) is 2. The van der Waals surface area contributed by atoms with Crippen molar-refractivity contribution >= 4 is 17.6 Å². The molecule has 11 nitrogen and oxygen atoms in total. The number of hydrogen-bond donors (Lipinski definition) is 3. The van der Waals surface area contributed by atoms with Gasteiger partial charge in [0.1, 0.15) is 11.9 Å². The smallest absolute Gasteiger partial charge is 0.322 e. The number of aliphatic hydroxyl groups is 1. The number of morpholine rings is 1. The third-order valence-electron chi connectivity index (χ3n) is 7.05. The van der Waals surface area contributed by atoms with E-state index in [1.807, 2.05) is 0 Å². The average Bonchev–Trinajstić information content (AvgIpc) is 2.90. The van der Waals surface area contributed by atoms with Gasteiger partial charge in [0.25, 0.3) is 0 Å². The van der Waals surface area contributed by atoms with Crippen molar-refractivity contribution in [1.29, 1.82) is 0 Å². The highest BCUT2D eigenvalue weighted by Gasteiger charge is 2.40. The number of rotatable bonds is 8. The van der Waals surface area contributed by atoms with E-state index < -0.39 is 6.10 Å². The van der Waals surface area contributed by atoms with Crippen LogP contribution in [-0.2, 0) is 19.0 Å². The fourth-order valence-electron chi connectivity index (χ4n) is 5.10. The number of anilines is 1. The fraction of sp³-hybridized carbons (Fsp3) is 0.692. The number of aliphatic hydroxyl groups excluding tert-OH is 1. The van der Waals surface area contributed by atoms with Crippen LogP contribution in [0.15, 0.2) is 24.3 Å². The quantitative estimate of drug-likeness (QED) is 0.435. The first-order valence-corrected chi connectivity index (χ1v) is 13.2. The number of fused-ring (bicyclic) bond motifs is 1. The van der Waals surface area contributed by atoms with Crippen LogP contribution in [0, 0.1) is 0 Å². The van der Waals surface area contributed by atoms with Crippen LogP contribution in [0.4, 0.5) is 10.5 Å². The summed E-state index contributed by atoms with van der Waals surface area (Å²) in [7, 11) is 1.57. The SMILES string of the molecule is COc1cccc(NC(=O)N2C[C@H](O)COC[C@H]3O[C@@H](CC(=O)NCCCN4CCOCC4)CC[C@@H]32)c1. The van der Waals surface area contributed by atoms with E-state index in [0.29, 0.717) is 30.8 Å². The average molecular weight is 521 g/mol. The molecule has 0 aliphatic carbocycles. The number of benzene rings is 1. The first kappa shape index (κ1) is 27.6. The minimum Gasteiger partial charge on any atom is -0.497 e. The lowest BCUT2D eigenvalue weighted by atomic mass is 9.95. The fourth-order valence-corrected chi connectivity index (χ4v) is 5.10. The van der Waals surface area contributed by atoms with E-state index in [-0.39, 0.29) is 56.4 Å². The molecule has 3 heterocycles. The van der Waals surface area contributed by atoms with E-state index in [4.69, 9.17) is 18.9 Å². The topological polar surface area (TPSA) is 122 Å². The zero-order chi connectivity index (χ0) is 26.0. The number of nitrogens with one attached hydrogen (secondary N) is 2. The molecule has 0 bridgehead atoms. The molecule has 0 spiro atoms. The number of methoxy groups -OCH3 is 1. The number of carbonyl (C=O) groups excluding carboxylic acids is 2. The number of urea groups is 1. The number of ether oxygens (including phenoxy) is 4. The summed E-state index contributed by atoms with van der Waals surface area (Å²) in [5.41, 5.74) is 0.605. The summed E-state index contributed by atoms with van der Waals surface area (Å²) in [5, 5.41) is 16.3. The van der Waals surface area contributed by atoms with Gasteiger partial charge in [0.2, 0.25) is 5.91 Å². The molecular formula is C26H40N4O7. The molecule has 0 saturated carbocycles. The summed E-state index contributed by atoms with van der Waals surface area (Å²) in [6, 6.07) is 6.55. The Morgan fingerprint density at radius 2 is 2.00 bits per heavy atom. The van der Waals surface area contributed by atoms with Crippen LogP contribution >= 0.6 is 0 Å². The van der Waals surface area contributed by atoms with Crippen molar-refractivity contribution in [3.8, 4) is 5.75 Å². The van der Waals surface area contributed by atoms with E-state index in [2.05, 4.69) is 15.5 Å². The third-order valence-corrected chi connectivity index (χ3v) is 7.05. The second-order valence-corrected chi connectivity index (χ2v) is 9.81. The molecule has 3 fully saturated rings. The zero-order valence-electron chi connectivity index (χ0n) is 21.6. The third kappa shape index (κ3) is 8.27. The summed E-state index contributed by atoms with van der Waals surface area (Å²) in [4.78, 5) is 29.8. The van der Waals surface area contributed by atoms with Gasteiger partial charge >= 0.3 is 6.03 Å². The van der Waals surface area contributed by atoms with Gasteiger partial charge in [-0.25, -0.2) is 4.79 Å². The van der Waals surface area contributed by atoms with Crippen LogP contribution in [0.25, 0.3) is 0 Å². The number of amides is 3. The van der Waals surface area contributed by atoms with E-state index >= 15 is 0 Å². The van der Waals surface area contributed by atoms with Crippen LogP contribution in [0.5, 0.6) is 5.75 Å². The summed E-state index contributed by atoms with van der Waals surface area (Å²) < 4.78 is 22.5. The van der Waals surface area contributed by atoms with Gasteiger partial charge in [-0.1, -0.05) is 6.07 Å². The normalized spacial score (nSPS) is 26.9. The first-order valence-electron chi connectivity index (χ1n) is 13.2. The van der Waals surface area contributed by atoms with E-state index in [1.54, 1.807) is 36.3 Å². The molecule has 0 unspecified atom stereocenters. The highest BCUT2D eigenvalue weighted by Crippen LogP contribution is 2.28. The van der Waals surface area contributed by atoms with Crippen molar-refractivity contribution < 1.29 is 33.6 Å². The van der Waals surface area contributed by atoms with Crippen LogP contribution in [-0.4, -0.2) is 117 Å². The molecule has 3 N–H and O–H groups in total. The maximum atomic E-state index is 13.2. The molecule has 3 aliphatic rings.